The van der Waals surface area contributed by atoms with Crippen LogP contribution in [0.3, 0.4) is 0 Å². The standard InChI is InChI=1S/C12H22N2O/c1-6-8(2)9(3)13-7-12-10(4)14-15-11(12)5/h8-9,13H,6-7H2,1-5H3/t8-,9-/m1/s1. The van der Waals surface area contributed by atoms with E-state index in [0.29, 0.717) is 12.0 Å². The molecule has 0 fully saturated rings. The van der Waals surface area contributed by atoms with Crippen LogP contribution in [0.4, 0.5) is 0 Å². The van der Waals surface area contributed by atoms with Crippen molar-refractivity contribution in [1.29, 1.82) is 0 Å². The maximum absolute atomic E-state index is 5.12. The largest absolute Gasteiger partial charge is 0.361 e. The summed E-state index contributed by atoms with van der Waals surface area (Å²) in [6.45, 7) is 11.5. The molecule has 86 valence electrons. The van der Waals surface area contributed by atoms with Crippen molar-refractivity contribution in [3.63, 3.8) is 0 Å². The van der Waals surface area contributed by atoms with Crippen LogP contribution in [0, 0.1) is 19.8 Å². The third-order valence-corrected chi connectivity index (χ3v) is 3.28. The predicted octanol–water partition coefficient (Wildman–Crippen LogP) is 2.82. The Morgan fingerprint density at radius 2 is 2.00 bits per heavy atom. The van der Waals surface area contributed by atoms with E-state index in [1.807, 2.05) is 13.8 Å². The maximum Gasteiger partial charge on any atom is 0.138 e. The second kappa shape index (κ2) is 5.31. The van der Waals surface area contributed by atoms with Gasteiger partial charge in [0.2, 0.25) is 0 Å². The van der Waals surface area contributed by atoms with Gasteiger partial charge in [0.05, 0.1) is 5.69 Å². The van der Waals surface area contributed by atoms with Crippen LogP contribution in [-0.4, -0.2) is 11.2 Å². The van der Waals surface area contributed by atoms with E-state index in [0.717, 1.165) is 18.0 Å². The van der Waals surface area contributed by atoms with Crippen molar-refractivity contribution in [1.82, 2.24) is 10.5 Å². The predicted molar refractivity (Wildman–Crippen MR) is 61.7 cm³/mol. The van der Waals surface area contributed by atoms with Crippen molar-refractivity contribution in [2.24, 2.45) is 5.92 Å². The summed E-state index contributed by atoms with van der Waals surface area (Å²) >= 11 is 0. The fourth-order valence-electron chi connectivity index (χ4n) is 1.57. The van der Waals surface area contributed by atoms with Crippen molar-refractivity contribution < 1.29 is 4.52 Å². The molecule has 0 bridgehead atoms. The topological polar surface area (TPSA) is 38.1 Å². The maximum atomic E-state index is 5.12. The first-order chi connectivity index (χ1) is 7.06. The first-order valence-electron chi connectivity index (χ1n) is 5.71. The van der Waals surface area contributed by atoms with Gasteiger partial charge in [-0.1, -0.05) is 25.4 Å². The van der Waals surface area contributed by atoms with Crippen LogP contribution in [0.1, 0.15) is 44.2 Å². The molecule has 1 N–H and O–H groups in total. The Kier molecular flexibility index (Phi) is 4.33. The Bertz CT molecular complexity index is 287. The lowest BCUT2D eigenvalue weighted by Gasteiger charge is -2.19. The number of hydrogen-bond acceptors (Lipinski definition) is 3. The molecule has 3 nitrogen and oxygen atoms in total. The molecule has 0 unspecified atom stereocenters. The Labute approximate surface area is 92.2 Å². The smallest absolute Gasteiger partial charge is 0.138 e. The molecule has 1 rings (SSSR count). The van der Waals surface area contributed by atoms with E-state index in [2.05, 4.69) is 31.2 Å². The van der Waals surface area contributed by atoms with Gasteiger partial charge in [-0.3, -0.25) is 0 Å². The third-order valence-electron chi connectivity index (χ3n) is 3.28. The van der Waals surface area contributed by atoms with Gasteiger partial charge >= 0.3 is 0 Å². The van der Waals surface area contributed by atoms with Crippen LogP contribution < -0.4 is 5.32 Å². The van der Waals surface area contributed by atoms with E-state index in [4.69, 9.17) is 4.52 Å². The van der Waals surface area contributed by atoms with Crippen LogP contribution in [-0.2, 0) is 6.54 Å². The average Bonchev–Trinajstić information content (AvgIpc) is 2.54. The van der Waals surface area contributed by atoms with E-state index in [-0.39, 0.29) is 0 Å². The molecule has 0 amide bonds. The second-order valence-electron chi connectivity index (χ2n) is 4.36. The SMILES string of the molecule is CC[C@@H](C)[C@@H](C)NCc1c(C)noc1C. The van der Waals surface area contributed by atoms with Gasteiger partial charge in [0.25, 0.3) is 0 Å². The number of hydrogen-bond donors (Lipinski definition) is 1. The van der Waals surface area contributed by atoms with Crippen molar-refractivity contribution in [2.45, 2.75) is 53.6 Å². The number of aromatic nitrogens is 1. The van der Waals surface area contributed by atoms with E-state index < -0.39 is 0 Å². The van der Waals surface area contributed by atoms with Gasteiger partial charge in [-0.15, -0.1) is 0 Å². The monoisotopic (exact) mass is 210 g/mol. The van der Waals surface area contributed by atoms with E-state index in [9.17, 15) is 0 Å². The number of nitrogens with zero attached hydrogens (tertiary/aromatic N) is 1. The normalized spacial score (nSPS) is 15.3. The van der Waals surface area contributed by atoms with E-state index >= 15 is 0 Å². The molecular formula is C12H22N2O. The lowest BCUT2D eigenvalue weighted by molar-refractivity contribution is 0.381. The highest BCUT2D eigenvalue weighted by Crippen LogP contribution is 2.13. The molecule has 0 aromatic carbocycles. The van der Waals surface area contributed by atoms with Gasteiger partial charge in [-0.2, -0.15) is 0 Å². The van der Waals surface area contributed by atoms with Gasteiger partial charge in [-0.05, 0) is 26.7 Å². The van der Waals surface area contributed by atoms with Crippen molar-refractivity contribution in [2.75, 3.05) is 0 Å². The van der Waals surface area contributed by atoms with Gasteiger partial charge in [0.15, 0.2) is 0 Å². The van der Waals surface area contributed by atoms with Crippen LogP contribution in [0.2, 0.25) is 0 Å². The van der Waals surface area contributed by atoms with Gasteiger partial charge in [-0.25, -0.2) is 0 Å². The fourth-order valence-corrected chi connectivity index (χ4v) is 1.57. The Hall–Kier alpha value is -0.830. The average molecular weight is 210 g/mol. The molecule has 0 radical (unpaired) electrons. The molecule has 15 heavy (non-hydrogen) atoms. The Morgan fingerprint density at radius 3 is 2.47 bits per heavy atom. The van der Waals surface area contributed by atoms with Crippen LogP contribution in [0.15, 0.2) is 4.52 Å². The molecule has 0 aliphatic heterocycles. The summed E-state index contributed by atoms with van der Waals surface area (Å²) in [6.07, 6.45) is 1.20. The molecular weight excluding hydrogens is 188 g/mol. The second-order valence-corrected chi connectivity index (χ2v) is 4.36. The summed E-state index contributed by atoms with van der Waals surface area (Å²) < 4.78 is 5.12. The molecule has 1 heterocycles. The zero-order chi connectivity index (χ0) is 11.4. The summed E-state index contributed by atoms with van der Waals surface area (Å²) in [5, 5.41) is 7.46. The Balaban J connectivity index is 2.50. The minimum absolute atomic E-state index is 0.531. The molecule has 0 saturated carbocycles. The number of aryl methyl sites for hydroxylation is 2. The summed E-state index contributed by atoms with van der Waals surface area (Å²) in [5.41, 5.74) is 2.20. The highest BCUT2D eigenvalue weighted by atomic mass is 16.5. The first-order valence-corrected chi connectivity index (χ1v) is 5.71. The Morgan fingerprint density at radius 1 is 1.33 bits per heavy atom. The van der Waals surface area contributed by atoms with Crippen LogP contribution >= 0.6 is 0 Å². The molecule has 1 aromatic heterocycles. The summed E-state index contributed by atoms with van der Waals surface area (Å²) in [6, 6.07) is 0.531. The molecule has 0 aliphatic carbocycles. The van der Waals surface area contributed by atoms with E-state index in [1.54, 1.807) is 0 Å². The highest BCUT2D eigenvalue weighted by Gasteiger charge is 2.13. The number of rotatable bonds is 5. The fraction of sp³-hybridized carbons (Fsp3) is 0.750. The summed E-state index contributed by atoms with van der Waals surface area (Å²) in [4.78, 5) is 0. The molecule has 0 saturated heterocycles. The van der Waals surface area contributed by atoms with Gasteiger partial charge < -0.3 is 9.84 Å². The summed E-state index contributed by atoms with van der Waals surface area (Å²) in [7, 11) is 0. The van der Waals surface area contributed by atoms with Gasteiger partial charge in [0, 0.05) is 18.2 Å². The molecule has 2 atom stereocenters. The van der Waals surface area contributed by atoms with Crippen molar-refractivity contribution >= 4 is 0 Å². The third kappa shape index (κ3) is 3.06. The highest BCUT2D eigenvalue weighted by molar-refractivity contribution is 5.20. The quantitative estimate of drug-likeness (QED) is 0.812. The minimum Gasteiger partial charge on any atom is -0.361 e. The summed E-state index contributed by atoms with van der Waals surface area (Å²) in [5.74, 6) is 1.63. The zero-order valence-electron chi connectivity index (χ0n) is 10.4. The lowest BCUT2D eigenvalue weighted by Crippen LogP contribution is -2.31. The molecule has 0 aliphatic rings. The van der Waals surface area contributed by atoms with Crippen LogP contribution in [0.5, 0.6) is 0 Å². The van der Waals surface area contributed by atoms with Crippen molar-refractivity contribution in [3.05, 3.63) is 17.0 Å². The van der Waals surface area contributed by atoms with Gasteiger partial charge in [0.1, 0.15) is 5.76 Å². The first kappa shape index (κ1) is 12.2. The number of nitrogens with one attached hydrogen (secondary N) is 1. The molecule has 1 aromatic rings. The molecule has 0 spiro atoms. The molecule has 3 heteroatoms. The lowest BCUT2D eigenvalue weighted by atomic mass is 10.0. The zero-order valence-corrected chi connectivity index (χ0v) is 10.4. The van der Waals surface area contributed by atoms with Crippen molar-refractivity contribution in [3.8, 4) is 0 Å². The minimum atomic E-state index is 0.531. The van der Waals surface area contributed by atoms with E-state index in [1.165, 1.54) is 12.0 Å². The van der Waals surface area contributed by atoms with Crippen LogP contribution in [0.25, 0.3) is 0 Å².